The molecule has 0 radical (unpaired) electrons. The average Bonchev–Trinajstić information content (AvgIpc) is 2.01. The van der Waals surface area contributed by atoms with Crippen LogP contribution >= 0.6 is 15.9 Å². The number of carbonyl (C=O) groups is 1. The molecule has 0 aliphatic rings. The number of hydrogen-bond acceptors (Lipinski definition) is 2. The van der Waals surface area contributed by atoms with Gasteiger partial charge in [0.05, 0.1) is 5.56 Å². The van der Waals surface area contributed by atoms with Crippen molar-refractivity contribution in [3.63, 3.8) is 0 Å². The Hall–Kier alpha value is -0.910. The Bertz CT molecular complexity index is 375. The van der Waals surface area contributed by atoms with Crippen LogP contribution < -0.4 is 0 Å². The maximum absolute atomic E-state index is 12.4. The second-order valence-corrected chi connectivity index (χ2v) is 3.42. The highest BCUT2D eigenvalue weighted by molar-refractivity contribution is 9.10. The van der Waals surface area contributed by atoms with Crippen LogP contribution in [-0.2, 0) is 6.18 Å². The van der Waals surface area contributed by atoms with E-state index < -0.39 is 23.1 Å². The van der Waals surface area contributed by atoms with Gasteiger partial charge in [0, 0.05) is 11.8 Å². The standard InChI is InChI=1S/C8H5BrF3NO/c1-4(14)5-3-13-7(9)2-6(5)8(10,11)12/h2-3H,1H3. The van der Waals surface area contributed by atoms with Crippen molar-refractivity contribution >= 4 is 21.7 Å². The fourth-order valence-electron chi connectivity index (χ4n) is 0.945. The van der Waals surface area contributed by atoms with E-state index in [0.29, 0.717) is 0 Å². The zero-order valence-electron chi connectivity index (χ0n) is 7.02. The molecule has 0 saturated carbocycles. The summed E-state index contributed by atoms with van der Waals surface area (Å²) in [6.07, 6.45) is -3.62. The highest BCUT2D eigenvalue weighted by Gasteiger charge is 2.34. The van der Waals surface area contributed by atoms with E-state index in [0.717, 1.165) is 19.2 Å². The van der Waals surface area contributed by atoms with Crippen molar-refractivity contribution in [1.82, 2.24) is 4.98 Å². The molecular formula is C8H5BrF3NO. The van der Waals surface area contributed by atoms with E-state index in [2.05, 4.69) is 20.9 Å². The lowest BCUT2D eigenvalue weighted by molar-refractivity contribution is -0.138. The first kappa shape index (κ1) is 11.2. The Morgan fingerprint density at radius 3 is 2.50 bits per heavy atom. The third-order valence-electron chi connectivity index (χ3n) is 1.56. The number of nitrogens with zero attached hydrogens (tertiary/aromatic N) is 1. The summed E-state index contributed by atoms with van der Waals surface area (Å²) in [7, 11) is 0. The van der Waals surface area contributed by atoms with Crippen LogP contribution in [0.3, 0.4) is 0 Å². The van der Waals surface area contributed by atoms with Crippen molar-refractivity contribution < 1.29 is 18.0 Å². The van der Waals surface area contributed by atoms with Crippen LogP contribution in [0.25, 0.3) is 0 Å². The van der Waals surface area contributed by atoms with Crippen LogP contribution in [0.15, 0.2) is 16.9 Å². The third-order valence-corrected chi connectivity index (χ3v) is 1.99. The van der Waals surface area contributed by atoms with Gasteiger partial charge in [-0.1, -0.05) is 0 Å². The lowest BCUT2D eigenvalue weighted by Gasteiger charge is -2.10. The first-order chi connectivity index (χ1) is 6.32. The SMILES string of the molecule is CC(=O)c1cnc(Br)cc1C(F)(F)F. The summed E-state index contributed by atoms with van der Waals surface area (Å²) < 4.78 is 37.2. The Labute approximate surface area is 86.3 Å². The Morgan fingerprint density at radius 1 is 1.50 bits per heavy atom. The number of hydrogen-bond donors (Lipinski definition) is 0. The van der Waals surface area contributed by atoms with E-state index in [9.17, 15) is 18.0 Å². The van der Waals surface area contributed by atoms with Crippen LogP contribution in [-0.4, -0.2) is 10.8 Å². The topological polar surface area (TPSA) is 30.0 Å². The highest BCUT2D eigenvalue weighted by Crippen LogP contribution is 2.33. The molecule has 0 N–H and O–H groups in total. The van der Waals surface area contributed by atoms with Crippen molar-refractivity contribution in [2.24, 2.45) is 0 Å². The van der Waals surface area contributed by atoms with Gasteiger partial charge in [-0.05, 0) is 28.9 Å². The van der Waals surface area contributed by atoms with E-state index in [-0.39, 0.29) is 4.60 Å². The number of aromatic nitrogens is 1. The highest BCUT2D eigenvalue weighted by atomic mass is 79.9. The molecule has 6 heteroatoms. The molecule has 1 heterocycles. The number of pyridine rings is 1. The van der Waals surface area contributed by atoms with Gasteiger partial charge in [-0.3, -0.25) is 4.79 Å². The van der Waals surface area contributed by atoms with Crippen LogP contribution in [0.4, 0.5) is 13.2 Å². The minimum atomic E-state index is -4.54. The van der Waals surface area contributed by atoms with Crippen LogP contribution in [0.5, 0.6) is 0 Å². The van der Waals surface area contributed by atoms with Gasteiger partial charge < -0.3 is 0 Å². The van der Waals surface area contributed by atoms with E-state index in [1.807, 2.05) is 0 Å². The summed E-state index contributed by atoms with van der Waals surface area (Å²) in [5.74, 6) is -0.655. The first-order valence-electron chi connectivity index (χ1n) is 3.56. The minimum Gasteiger partial charge on any atom is -0.294 e. The van der Waals surface area contributed by atoms with Crippen molar-refractivity contribution in [3.8, 4) is 0 Å². The van der Waals surface area contributed by atoms with Crippen LogP contribution in [0.2, 0.25) is 0 Å². The monoisotopic (exact) mass is 267 g/mol. The Morgan fingerprint density at radius 2 is 2.07 bits per heavy atom. The molecule has 2 nitrogen and oxygen atoms in total. The minimum absolute atomic E-state index is 0.0508. The van der Waals surface area contributed by atoms with Gasteiger partial charge in [-0.25, -0.2) is 4.98 Å². The molecule has 0 atom stereocenters. The lowest BCUT2D eigenvalue weighted by Crippen LogP contribution is -2.12. The van der Waals surface area contributed by atoms with Gasteiger partial charge >= 0.3 is 6.18 Å². The van der Waals surface area contributed by atoms with Gasteiger partial charge in [-0.2, -0.15) is 13.2 Å². The number of carbonyl (C=O) groups excluding carboxylic acids is 1. The molecule has 1 aromatic heterocycles. The molecule has 0 fully saturated rings. The second kappa shape index (κ2) is 3.68. The maximum Gasteiger partial charge on any atom is 0.417 e. The summed E-state index contributed by atoms with van der Waals surface area (Å²) in [6, 6.07) is 0.788. The molecule has 0 aliphatic carbocycles. The molecule has 76 valence electrons. The van der Waals surface area contributed by atoms with Gasteiger partial charge in [0.1, 0.15) is 4.60 Å². The molecular weight excluding hydrogens is 263 g/mol. The zero-order chi connectivity index (χ0) is 10.9. The van der Waals surface area contributed by atoms with Crippen molar-refractivity contribution in [1.29, 1.82) is 0 Å². The summed E-state index contributed by atoms with van der Waals surface area (Å²) in [6.45, 7) is 1.07. The number of ketones is 1. The largest absolute Gasteiger partial charge is 0.417 e. The molecule has 14 heavy (non-hydrogen) atoms. The smallest absolute Gasteiger partial charge is 0.294 e. The van der Waals surface area contributed by atoms with Gasteiger partial charge in [-0.15, -0.1) is 0 Å². The van der Waals surface area contributed by atoms with Crippen molar-refractivity contribution in [2.45, 2.75) is 13.1 Å². The molecule has 0 aromatic carbocycles. The molecule has 1 aromatic rings. The quantitative estimate of drug-likeness (QED) is 0.578. The molecule has 0 aliphatic heterocycles. The molecule has 1 rings (SSSR count). The number of Topliss-reactive ketones (excluding diaryl/α,β-unsaturated/α-hetero) is 1. The van der Waals surface area contributed by atoms with Gasteiger partial charge in [0.2, 0.25) is 0 Å². The van der Waals surface area contributed by atoms with E-state index >= 15 is 0 Å². The second-order valence-electron chi connectivity index (χ2n) is 2.61. The molecule has 0 saturated heterocycles. The molecule has 0 unspecified atom stereocenters. The predicted octanol–water partition coefficient (Wildman–Crippen LogP) is 3.07. The van der Waals surface area contributed by atoms with Gasteiger partial charge in [0.15, 0.2) is 5.78 Å². The Balaban J connectivity index is 3.38. The normalized spacial score (nSPS) is 11.5. The number of alkyl halides is 3. The summed E-state index contributed by atoms with van der Waals surface area (Å²) in [5, 5.41) is 0. The lowest BCUT2D eigenvalue weighted by atomic mass is 10.1. The fraction of sp³-hybridized carbons (Fsp3) is 0.250. The average molecular weight is 268 g/mol. The number of rotatable bonds is 1. The molecule has 0 amide bonds. The summed E-state index contributed by atoms with van der Waals surface area (Å²) in [5.41, 5.74) is -1.38. The van der Waals surface area contributed by atoms with E-state index in [4.69, 9.17) is 0 Å². The summed E-state index contributed by atoms with van der Waals surface area (Å²) >= 11 is 2.82. The van der Waals surface area contributed by atoms with Crippen LogP contribution in [0, 0.1) is 0 Å². The summed E-state index contributed by atoms with van der Waals surface area (Å²) in [4.78, 5) is 14.4. The first-order valence-corrected chi connectivity index (χ1v) is 4.35. The van der Waals surface area contributed by atoms with E-state index in [1.165, 1.54) is 0 Å². The van der Waals surface area contributed by atoms with Crippen molar-refractivity contribution in [3.05, 3.63) is 28.0 Å². The third kappa shape index (κ3) is 2.31. The molecule has 0 bridgehead atoms. The predicted molar refractivity (Wildman–Crippen MR) is 46.9 cm³/mol. The Kier molecular flexibility index (Phi) is 2.94. The number of halogens is 4. The molecule has 0 spiro atoms. The fourth-order valence-corrected chi connectivity index (χ4v) is 1.28. The zero-order valence-corrected chi connectivity index (χ0v) is 8.61. The van der Waals surface area contributed by atoms with Crippen molar-refractivity contribution in [2.75, 3.05) is 0 Å². The van der Waals surface area contributed by atoms with Gasteiger partial charge in [0.25, 0.3) is 0 Å². The maximum atomic E-state index is 12.4. The van der Waals surface area contributed by atoms with Crippen LogP contribution in [0.1, 0.15) is 22.8 Å². The van der Waals surface area contributed by atoms with E-state index in [1.54, 1.807) is 0 Å².